The molecule has 1 heterocycles. The number of anilines is 1. The van der Waals surface area contributed by atoms with E-state index in [9.17, 15) is 44.7 Å². The van der Waals surface area contributed by atoms with Gasteiger partial charge in [-0.05, 0) is 18.2 Å². The average Bonchev–Trinajstić information content (AvgIpc) is 2.93. The number of carbonyl (C=O) groups is 2. The molecule has 2 N–H and O–H groups in total. The van der Waals surface area contributed by atoms with Gasteiger partial charge < -0.3 is 10.4 Å². The Bertz CT molecular complexity index is 1010. The van der Waals surface area contributed by atoms with Gasteiger partial charge in [0.05, 0.1) is 10.6 Å². The zero-order valence-electron chi connectivity index (χ0n) is 14.3. The van der Waals surface area contributed by atoms with E-state index in [1.54, 1.807) is 5.32 Å². The standard InChI is InChI=1S/C15H8ClF8N3O3/c1-27-9(11(28)25-5-2-3-7(16)6(4-5)12(29)30)8(14(19,20)21)10(26-27)13(17,18)15(22,23)24/h2-4H,1H3,(H,25,28)(H,29,30). The summed E-state index contributed by atoms with van der Waals surface area (Å²) in [5.74, 6) is -9.33. The van der Waals surface area contributed by atoms with Crippen molar-refractivity contribution in [3.05, 3.63) is 45.7 Å². The molecule has 1 aromatic carbocycles. The average molecular weight is 466 g/mol. The third kappa shape index (κ3) is 4.17. The Morgan fingerprint density at radius 1 is 1.10 bits per heavy atom. The molecular formula is C15H8ClF8N3O3. The number of aromatic nitrogens is 2. The quantitative estimate of drug-likeness (QED) is 0.641. The fourth-order valence-electron chi connectivity index (χ4n) is 2.36. The molecule has 0 aliphatic heterocycles. The number of carboxylic acid groups (broad SMARTS) is 1. The van der Waals surface area contributed by atoms with Crippen molar-refractivity contribution in [2.45, 2.75) is 18.3 Å². The normalized spacial score (nSPS) is 12.7. The molecule has 2 aromatic rings. The summed E-state index contributed by atoms with van der Waals surface area (Å²) in [7, 11) is 0.560. The summed E-state index contributed by atoms with van der Waals surface area (Å²) >= 11 is 5.60. The third-order valence-electron chi connectivity index (χ3n) is 3.65. The highest BCUT2D eigenvalue weighted by molar-refractivity contribution is 6.33. The summed E-state index contributed by atoms with van der Waals surface area (Å²) in [6, 6.07) is 2.69. The zero-order chi connectivity index (χ0) is 23.2. The molecule has 1 amide bonds. The number of nitrogens with zero attached hydrogens (tertiary/aromatic N) is 2. The molecular weight excluding hydrogens is 458 g/mol. The second kappa shape index (κ2) is 7.41. The monoisotopic (exact) mass is 465 g/mol. The number of carbonyl (C=O) groups excluding carboxylic acids is 1. The van der Waals surface area contributed by atoms with Gasteiger partial charge >= 0.3 is 24.2 Å². The van der Waals surface area contributed by atoms with Crippen LogP contribution in [0.2, 0.25) is 5.02 Å². The van der Waals surface area contributed by atoms with Crippen molar-refractivity contribution in [1.82, 2.24) is 9.78 Å². The first-order chi connectivity index (χ1) is 13.5. The van der Waals surface area contributed by atoms with E-state index in [1.807, 2.05) is 0 Å². The van der Waals surface area contributed by atoms with Gasteiger partial charge in [-0.25, -0.2) is 4.79 Å². The molecule has 164 valence electrons. The lowest BCUT2D eigenvalue weighted by Crippen LogP contribution is -2.36. The van der Waals surface area contributed by atoms with E-state index in [-0.39, 0.29) is 9.70 Å². The van der Waals surface area contributed by atoms with Gasteiger partial charge in [-0.3, -0.25) is 9.48 Å². The van der Waals surface area contributed by atoms with E-state index in [1.165, 1.54) is 0 Å². The van der Waals surface area contributed by atoms with Crippen LogP contribution < -0.4 is 5.32 Å². The minimum atomic E-state index is -6.42. The minimum absolute atomic E-state index is 0.0822. The Morgan fingerprint density at radius 2 is 1.67 bits per heavy atom. The van der Waals surface area contributed by atoms with Crippen molar-refractivity contribution in [2.24, 2.45) is 7.05 Å². The summed E-state index contributed by atoms with van der Waals surface area (Å²) < 4.78 is 105. The molecule has 6 nitrogen and oxygen atoms in total. The molecule has 0 spiro atoms. The number of nitrogens with one attached hydrogen (secondary N) is 1. The molecule has 0 saturated heterocycles. The summed E-state index contributed by atoms with van der Waals surface area (Å²) in [5, 5.41) is 13.0. The fraction of sp³-hybridized carbons (Fsp3) is 0.267. The van der Waals surface area contributed by atoms with Gasteiger partial charge in [-0.2, -0.15) is 40.2 Å². The number of halogens is 9. The lowest BCUT2D eigenvalue weighted by Gasteiger charge is -2.19. The summed E-state index contributed by atoms with van der Waals surface area (Å²) in [4.78, 5) is 23.3. The number of aryl methyl sites for hydroxylation is 1. The van der Waals surface area contributed by atoms with E-state index in [4.69, 9.17) is 16.7 Å². The van der Waals surface area contributed by atoms with E-state index >= 15 is 0 Å². The highest BCUT2D eigenvalue weighted by atomic mass is 35.5. The number of carboxylic acids is 1. The molecule has 0 saturated carbocycles. The highest BCUT2D eigenvalue weighted by Crippen LogP contribution is 2.48. The van der Waals surface area contributed by atoms with Gasteiger partial charge in [-0.15, -0.1) is 0 Å². The molecule has 15 heteroatoms. The molecule has 0 radical (unpaired) electrons. The maximum atomic E-state index is 13.6. The van der Waals surface area contributed by atoms with Crippen molar-refractivity contribution in [1.29, 1.82) is 0 Å². The Labute approximate surface area is 166 Å². The fourth-order valence-corrected chi connectivity index (χ4v) is 2.56. The van der Waals surface area contributed by atoms with Crippen molar-refractivity contribution >= 4 is 29.2 Å². The largest absolute Gasteiger partial charge is 0.478 e. The first-order valence-electron chi connectivity index (χ1n) is 7.42. The van der Waals surface area contributed by atoms with E-state index < -0.39 is 58.4 Å². The van der Waals surface area contributed by atoms with Gasteiger partial charge in [0.15, 0.2) is 5.69 Å². The van der Waals surface area contributed by atoms with Crippen LogP contribution in [0, 0.1) is 0 Å². The van der Waals surface area contributed by atoms with Crippen LogP contribution in [0.25, 0.3) is 0 Å². The number of hydrogen-bond donors (Lipinski definition) is 2. The zero-order valence-corrected chi connectivity index (χ0v) is 15.0. The molecule has 0 bridgehead atoms. The van der Waals surface area contributed by atoms with Crippen molar-refractivity contribution in [3.8, 4) is 0 Å². The van der Waals surface area contributed by atoms with Gasteiger partial charge in [0.1, 0.15) is 11.3 Å². The van der Waals surface area contributed by atoms with Crippen LogP contribution in [-0.2, 0) is 19.1 Å². The predicted octanol–water partition coefficient (Wildman–Crippen LogP) is 4.70. The van der Waals surface area contributed by atoms with Gasteiger partial charge in [-0.1, -0.05) is 11.6 Å². The van der Waals surface area contributed by atoms with E-state index in [0.29, 0.717) is 7.05 Å². The maximum Gasteiger partial charge on any atom is 0.459 e. The Kier molecular flexibility index (Phi) is 5.78. The van der Waals surface area contributed by atoms with Crippen LogP contribution >= 0.6 is 11.6 Å². The van der Waals surface area contributed by atoms with Gasteiger partial charge in [0, 0.05) is 12.7 Å². The topological polar surface area (TPSA) is 84.2 Å². The number of rotatable bonds is 4. The number of benzene rings is 1. The van der Waals surface area contributed by atoms with Crippen molar-refractivity contribution in [2.75, 3.05) is 5.32 Å². The van der Waals surface area contributed by atoms with E-state index in [2.05, 4.69) is 5.10 Å². The van der Waals surface area contributed by atoms with Crippen LogP contribution in [0.15, 0.2) is 18.2 Å². The van der Waals surface area contributed by atoms with E-state index in [0.717, 1.165) is 18.2 Å². The highest BCUT2D eigenvalue weighted by Gasteiger charge is 2.64. The summed E-state index contributed by atoms with van der Waals surface area (Å²) in [6.45, 7) is 0. The number of amides is 1. The Hall–Kier alpha value is -2.90. The number of hydrogen-bond acceptors (Lipinski definition) is 3. The van der Waals surface area contributed by atoms with Crippen LogP contribution in [0.5, 0.6) is 0 Å². The van der Waals surface area contributed by atoms with Crippen LogP contribution in [0.4, 0.5) is 40.8 Å². The lowest BCUT2D eigenvalue weighted by atomic mass is 10.1. The lowest BCUT2D eigenvalue weighted by molar-refractivity contribution is -0.292. The van der Waals surface area contributed by atoms with Crippen LogP contribution in [0.3, 0.4) is 0 Å². The maximum absolute atomic E-state index is 13.6. The minimum Gasteiger partial charge on any atom is -0.478 e. The summed E-state index contributed by atoms with van der Waals surface area (Å²) in [6.07, 6.45) is -12.2. The van der Waals surface area contributed by atoms with Gasteiger partial charge in [0.2, 0.25) is 0 Å². The van der Waals surface area contributed by atoms with Gasteiger partial charge in [0.25, 0.3) is 5.91 Å². The van der Waals surface area contributed by atoms with Crippen LogP contribution in [0.1, 0.15) is 32.1 Å². The molecule has 0 fully saturated rings. The molecule has 0 aliphatic carbocycles. The first kappa shape index (κ1) is 23.4. The second-order valence-electron chi connectivity index (χ2n) is 5.72. The second-order valence-corrected chi connectivity index (χ2v) is 6.13. The SMILES string of the molecule is Cn1nc(C(F)(F)C(F)(F)F)c(C(F)(F)F)c1C(=O)Nc1ccc(Cl)c(C(=O)O)c1. The molecule has 0 unspecified atom stereocenters. The molecule has 0 atom stereocenters. The first-order valence-corrected chi connectivity index (χ1v) is 7.79. The third-order valence-corrected chi connectivity index (χ3v) is 3.98. The predicted molar refractivity (Wildman–Crippen MR) is 84.5 cm³/mol. The van der Waals surface area contributed by atoms with Crippen molar-refractivity contribution in [3.63, 3.8) is 0 Å². The molecule has 2 rings (SSSR count). The van der Waals surface area contributed by atoms with Crippen LogP contribution in [-0.4, -0.2) is 32.9 Å². The molecule has 30 heavy (non-hydrogen) atoms. The molecule has 1 aromatic heterocycles. The summed E-state index contributed by atoms with van der Waals surface area (Å²) in [5.41, 5.74) is -7.90. The van der Waals surface area contributed by atoms with Crippen molar-refractivity contribution < 1.29 is 49.8 Å². The number of aromatic carboxylic acids is 1. The number of alkyl halides is 8. The smallest absolute Gasteiger partial charge is 0.459 e. The Morgan fingerprint density at radius 3 is 2.13 bits per heavy atom. The molecule has 0 aliphatic rings. The Balaban J connectivity index is 2.61.